The molecule has 1 aromatic heterocycles. The monoisotopic (exact) mass is 216 g/mol. The standard InChI is InChI=1S/C6H7N3O4S/c1-13-6(10)4-2-8-5(3-7-4)9-14(11)12/h2-3H,1H3,(H,8,9)(H,11,12)/p-1. The lowest BCUT2D eigenvalue weighted by Crippen LogP contribution is -2.08. The minimum Gasteiger partial charge on any atom is -0.755 e. The smallest absolute Gasteiger partial charge is 0.358 e. The number of nitrogens with zero attached hydrogens (tertiary/aromatic N) is 2. The van der Waals surface area contributed by atoms with Crippen molar-refractivity contribution in [1.29, 1.82) is 0 Å². The lowest BCUT2D eigenvalue weighted by atomic mass is 10.4. The van der Waals surface area contributed by atoms with Crippen LogP contribution in [0.1, 0.15) is 10.5 Å². The molecule has 76 valence electrons. The van der Waals surface area contributed by atoms with Gasteiger partial charge in [0.2, 0.25) is 0 Å². The minimum atomic E-state index is -2.45. The second kappa shape index (κ2) is 4.63. The summed E-state index contributed by atoms with van der Waals surface area (Å²) in [5.41, 5.74) is 0.00901. The lowest BCUT2D eigenvalue weighted by molar-refractivity contribution is 0.0593. The third-order valence-corrected chi connectivity index (χ3v) is 1.61. The Morgan fingerprint density at radius 2 is 2.29 bits per heavy atom. The molecule has 1 unspecified atom stereocenters. The third-order valence-electron chi connectivity index (χ3n) is 1.23. The first-order valence-corrected chi connectivity index (χ1v) is 4.47. The number of anilines is 1. The predicted molar refractivity (Wildman–Crippen MR) is 45.9 cm³/mol. The number of carbonyl (C=O) groups excluding carboxylic acids is 1. The number of aromatic nitrogens is 2. The van der Waals surface area contributed by atoms with E-state index in [1.165, 1.54) is 7.11 Å². The molecule has 0 aliphatic carbocycles. The predicted octanol–water partition coefficient (Wildman–Crippen LogP) is -0.531. The van der Waals surface area contributed by atoms with E-state index in [1.807, 2.05) is 4.72 Å². The maximum atomic E-state index is 10.9. The molecule has 0 aromatic carbocycles. The van der Waals surface area contributed by atoms with Crippen molar-refractivity contribution in [2.75, 3.05) is 11.8 Å². The quantitative estimate of drug-likeness (QED) is 0.538. The molecule has 14 heavy (non-hydrogen) atoms. The van der Waals surface area contributed by atoms with E-state index in [0.29, 0.717) is 0 Å². The van der Waals surface area contributed by atoms with Crippen molar-refractivity contribution in [3.05, 3.63) is 18.1 Å². The van der Waals surface area contributed by atoms with Crippen LogP contribution in [0.25, 0.3) is 0 Å². The SMILES string of the molecule is COC(=O)c1cnc(NS(=O)[O-])cn1. The zero-order chi connectivity index (χ0) is 10.6. The Balaban J connectivity index is 2.78. The second-order valence-corrected chi connectivity index (χ2v) is 2.79. The summed E-state index contributed by atoms with van der Waals surface area (Å²) in [6, 6.07) is 0. The van der Waals surface area contributed by atoms with E-state index < -0.39 is 17.2 Å². The molecule has 1 heterocycles. The summed E-state index contributed by atoms with van der Waals surface area (Å²) < 4.78 is 26.7. The zero-order valence-corrected chi connectivity index (χ0v) is 7.91. The van der Waals surface area contributed by atoms with E-state index in [4.69, 9.17) is 0 Å². The van der Waals surface area contributed by atoms with Crippen LogP contribution in [0, 0.1) is 0 Å². The molecule has 0 aliphatic rings. The molecule has 0 fully saturated rings. The topological polar surface area (TPSA) is 104 Å². The van der Waals surface area contributed by atoms with Crippen LogP contribution in [0.15, 0.2) is 12.4 Å². The van der Waals surface area contributed by atoms with Gasteiger partial charge in [-0.1, -0.05) is 0 Å². The van der Waals surface area contributed by atoms with E-state index in [9.17, 15) is 13.6 Å². The van der Waals surface area contributed by atoms with Crippen LogP contribution < -0.4 is 4.72 Å². The fraction of sp³-hybridized carbons (Fsp3) is 0.167. The molecule has 0 aliphatic heterocycles. The van der Waals surface area contributed by atoms with Gasteiger partial charge in [-0.3, -0.25) is 8.93 Å². The maximum Gasteiger partial charge on any atom is 0.358 e. The van der Waals surface area contributed by atoms with Crippen LogP contribution in [0.4, 0.5) is 5.82 Å². The molecule has 7 nitrogen and oxygen atoms in total. The van der Waals surface area contributed by atoms with Crippen molar-refractivity contribution in [3.63, 3.8) is 0 Å². The summed E-state index contributed by atoms with van der Waals surface area (Å²) in [5, 5.41) is 0. The van der Waals surface area contributed by atoms with Crippen molar-refractivity contribution in [3.8, 4) is 0 Å². The molecule has 1 aromatic rings. The number of ether oxygens (including phenoxy) is 1. The molecule has 0 radical (unpaired) electrons. The van der Waals surface area contributed by atoms with E-state index >= 15 is 0 Å². The highest BCUT2D eigenvalue weighted by Gasteiger charge is 2.06. The Kier molecular flexibility index (Phi) is 3.48. The summed E-state index contributed by atoms with van der Waals surface area (Å²) in [6.45, 7) is 0. The minimum absolute atomic E-state index is 0.00901. The highest BCUT2D eigenvalue weighted by Crippen LogP contribution is 2.02. The van der Waals surface area contributed by atoms with Gasteiger partial charge in [-0.25, -0.2) is 14.8 Å². The second-order valence-electron chi connectivity index (χ2n) is 2.12. The van der Waals surface area contributed by atoms with Gasteiger partial charge in [-0.15, -0.1) is 0 Å². The van der Waals surface area contributed by atoms with Crippen LogP contribution in [-0.2, 0) is 16.0 Å². The molecule has 1 atom stereocenters. The summed E-state index contributed by atoms with van der Waals surface area (Å²) in [4.78, 5) is 18.1. The van der Waals surface area contributed by atoms with E-state index in [2.05, 4.69) is 14.7 Å². The molecular weight excluding hydrogens is 210 g/mol. The maximum absolute atomic E-state index is 10.9. The number of hydrogen-bond acceptors (Lipinski definition) is 6. The largest absolute Gasteiger partial charge is 0.755 e. The molecule has 1 N–H and O–H groups in total. The normalized spacial score (nSPS) is 11.9. The Morgan fingerprint density at radius 3 is 2.71 bits per heavy atom. The Hall–Kier alpha value is -1.54. The molecule has 0 saturated carbocycles. The number of methoxy groups -OCH3 is 1. The molecule has 1 rings (SSSR count). The van der Waals surface area contributed by atoms with Crippen LogP contribution in [0.3, 0.4) is 0 Å². The lowest BCUT2D eigenvalue weighted by Gasteiger charge is -2.06. The van der Waals surface area contributed by atoms with Gasteiger partial charge in [0.25, 0.3) is 0 Å². The van der Waals surface area contributed by atoms with Gasteiger partial charge in [0.15, 0.2) is 11.5 Å². The van der Waals surface area contributed by atoms with Crippen molar-refractivity contribution in [1.82, 2.24) is 9.97 Å². The molecule has 0 saturated heterocycles. The number of esters is 1. The fourth-order valence-corrected chi connectivity index (χ4v) is 0.952. The average molecular weight is 216 g/mol. The first-order chi connectivity index (χ1) is 6.63. The molecule has 0 spiro atoms. The Labute approximate surface area is 81.9 Å². The number of nitrogens with one attached hydrogen (secondary N) is 1. The number of hydrogen-bond donors (Lipinski definition) is 1. The van der Waals surface area contributed by atoms with Crippen molar-refractivity contribution in [2.45, 2.75) is 0 Å². The van der Waals surface area contributed by atoms with E-state index in [1.54, 1.807) is 0 Å². The van der Waals surface area contributed by atoms with Gasteiger partial charge in [0, 0.05) is 11.3 Å². The summed E-state index contributed by atoms with van der Waals surface area (Å²) >= 11 is -2.45. The van der Waals surface area contributed by atoms with Gasteiger partial charge in [0.1, 0.15) is 0 Å². The van der Waals surface area contributed by atoms with E-state index in [-0.39, 0.29) is 11.5 Å². The third kappa shape index (κ3) is 2.75. The molecule has 0 amide bonds. The molecular formula is C6H6N3O4S-. The molecule has 8 heteroatoms. The van der Waals surface area contributed by atoms with Crippen molar-refractivity contribution in [2.24, 2.45) is 0 Å². The highest BCUT2D eigenvalue weighted by molar-refractivity contribution is 7.80. The van der Waals surface area contributed by atoms with Crippen LogP contribution >= 0.6 is 0 Å². The highest BCUT2D eigenvalue weighted by atomic mass is 32.2. The van der Waals surface area contributed by atoms with Crippen LogP contribution in [0.2, 0.25) is 0 Å². The first kappa shape index (κ1) is 10.5. The van der Waals surface area contributed by atoms with Gasteiger partial charge in [-0.2, -0.15) is 0 Å². The van der Waals surface area contributed by atoms with Gasteiger partial charge in [0.05, 0.1) is 19.5 Å². The summed E-state index contributed by atoms with van der Waals surface area (Å²) in [7, 11) is 1.21. The van der Waals surface area contributed by atoms with Crippen molar-refractivity contribution >= 4 is 23.1 Å². The van der Waals surface area contributed by atoms with Crippen LogP contribution in [0.5, 0.6) is 0 Å². The van der Waals surface area contributed by atoms with Gasteiger partial charge >= 0.3 is 5.97 Å². The first-order valence-electron chi connectivity index (χ1n) is 3.39. The number of rotatable bonds is 3. The Morgan fingerprint density at radius 1 is 1.57 bits per heavy atom. The fourth-order valence-electron chi connectivity index (χ4n) is 0.676. The zero-order valence-electron chi connectivity index (χ0n) is 7.09. The Bertz CT molecular complexity index is 353. The summed E-state index contributed by atoms with van der Waals surface area (Å²) in [6.07, 6.45) is 2.23. The molecule has 0 bridgehead atoms. The van der Waals surface area contributed by atoms with Gasteiger partial charge < -0.3 is 9.29 Å². The number of carbonyl (C=O) groups is 1. The van der Waals surface area contributed by atoms with Gasteiger partial charge in [-0.05, 0) is 0 Å². The van der Waals surface area contributed by atoms with E-state index in [0.717, 1.165) is 12.4 Å². The average Bonchev–Trinajstić information content (AvgIpc) is 2.17. The van der Waals surface area contributed by atoms with Crippen molar-refractivity contribution < 1.29 is 18.3 Å². The van der Waals surface area contributed by atoms with Crippen LogP contribution in [-0.4, -0.2) is 31.8 Å². The summed E-state index contributed by atoms with van der Waals surface area (Å²) in [5.74, 6) is -0.599.